The maximum absolute atomic E-state index is 12.4. The molecule has 1 saturated carbocycles. The zero-order chi connectivity index (χ0) is 17.0. The van der Waals surface area contributed by atoms with Crippen LogP contribution in [0.2, 0.25) is 0 Å². The minimum atomic E-state index is -3.84. The van der Waals surface area contributed by atoms with Crippen molar-refractivity contribution in [2.45, 2.75) is 29.6 Å². The number of rotatable bonds is 8. The van der Waals surface area contributed by atoms with Crippen molar-refractivity contribution in [2.75, 3.05) is 13.2 Å². The Kier molecular flexibility index (Phi) is 5.04. The average Bonchev–Trinajstić information content (AvgIpc) is 3.44. The highest BCUT2D eigenvalue weighted by molar-refractivity contribution is 7.86. The fourth-order valence-electron chi connectivity index (χ4n) is 2.97. The summed E-state index contributed by atoms with van der Waals surface area (Å²) in [6, 6.07) is 17.7. The standard InChI is InChI=1S/C19H22O4S/c20-14-19(13-16-11-12-16,17-7-3-1-4-8-17)15-23-24(21,22)18-9-5-2-6-10-18/h1-10,16,20H,11-15H2/t19-/m1/s1. The van der Waals surface area contributed by atoms with Crippen LogP contribution in [0, 0.1) is 5.92 Å². The molecule has 128 valence electrons. The third-order valence-electron chi connectivity index (χ3n) is 4.59. The van der Waals surface area contributed by atoms with Gasteiger partial charge < -0.3 is 5.11 Å². The van der Waals surface area contributed by atoms with Crippen LogP contribution >= 0.6 is 0 Å². The molecule has 0 aromatic heterocycles. The summed E-state index contributed by atoms with van der Waals surface area (Å²) in [4.78, 5) is 0.135. The van der Waals surface area contributed by atoms with E-state index in [0.717, 1.165) is 24.8 Å². The van der Waals surface area contributed by atoms with E-state index in [1.54, 1.807) is 18.2 Å². The molecule has 0 heterocycles. The van der Waals surface area contributed by atoms with Gasteiger partial charge in [0.2, 0.25) is 0 Å². The summed E-state index contributed by atoms with van der Waals surface area (Å²) in [7, 11) is -3.84. The predicted molar refractivity (Wildman–Crippen MR) is 92.1 cm³/mol. The Hall–Kier alpha value is -1.69. The Morgan fingerprint density at radius 3 is 2.12 bits per heavy atom. The smallest absolute Gasteiger partial charge is 0.297 e. The first-order valence-electron chi connectivity index (χ1n) is 8.17. The third-order valence-corrected chi connectivity index (χ3v) is 5.87. The van der Waals surface area contributed by atoms with Gasteiger partial charge in [0.25, 0.3) is 10.1 Å². The Morgan fingerprint density at radius 2 is 1.58 bits per heavy atom. The van der Waals surface area contributed by atoms with Crippen molar-refractivity contribution < 1.29 is 17.7 Å². The summed E-state index contributed by atoms with van der Waals surface area (Å²) in [6.45, 7) is -0.195. The molecule has 0 bridgehead atoms. The van der Waals surface area contributed by atoms with Gasteiger partial charge in [-0.15, -0.1) is 0 Å². The topological polar surface area (TPSA) is 63.6 Å². The number of aliphatic hydroxyl groups excluding tert-OH is 1. The van der Waals surface area contributed by atoms with Gasteiger partial charge in [-0.25, -0.2) is 0 Å². The molecule has 5 heteroatoms. The molecule has 1 atom stereocenters. The van der Waals surface area contributed by atoms with E-state index < -0.39 is 15.5 Å². The third kappa shape index (κ3) is 3.86. The summed E-state index contributed by atoms with van der Waals surface area (Å²) in [6.07, 6.45) is 2.98. The molecule has 1 N–H and O–H groups in total. The molecule has 0 aliphatic heterocycles. The molecule has 0 spiro atoms. The molecule has 2 aromatic carbocycles. The van der Waals surface area contributed by atoms with Gasteiger partial charge in [-0.1, -0.05) is 61.4 Å². The highest BCUT2D eigenvalue weighted by atomic mass is 32.2. The first-order valence-corrected chi connectivity index (χ1v) is 9.57. The van der Waals surface area contributed by atoms with E-state index >= 15 is 0 Å². The van der Waals surface area contributed by atoms with Gasteiger partial charge in [0, 0.05) is 5.41 Å². The van der Waals surface area contributed by atoms with E-state index in [0.29, 0.717) is 5.92 Å². The Balaban J connectivity index is 1.84. The van der Waals surface area contributed by atoms with Crippen molar-refractivity contribution >= 4 is 10.1 Å². The number of hydrogen-bond acceptors (Lipinski definition) is 4. The van der Waals surface area contributed by atoms with Gasteiger partial charge in [-0.3, -0.25) is 4.18 Å². The Labute approximate surface area is 143 Å². The van der Waals surface area contributed by atoms with Crippen LogP contribution in [0.25, 0.3) is 0 Å². The molecule has 24 heavy (non-hydrogen) atoms. The highest BCUT2D eigenvalue weighted by Crippen LogP contribution is 2.42. The average molecular weight is 346 g/mol. The van der Waals surface area contributed by atoms with Crippen LogP contribution in [0.3, 0.4) is 0 Å². The molecule has 0 saturated heterocycles. The lowest BCUT2D eigenvalue weighted by atomic mass is 9.77. The molecule has 3 rings (SSSR count). The zero-order valence-electron chi connectivity index (χ0n) is 13.5. The number of aliphatic hydroxyl groups is 1. The van der Waals surface area contributed by atoms with Crippen LogP contribution in [-0.2, 0) is 19.7 Å². The summed E-state index contributed by atoms with van der Waals surface area (Å²) in [5.41, 5.74) is 0.229. The molecule has 2 aromatic rings. The minimum Gasteiger partial charge on any atom is -0.395 e. The van der Waals surface area contributed by atoms with E-state index in [2.05, 4.69) is 0 Å². The van der Waals surface area contributed by atoms with Crippen LogP contribution in [0.4, 0.5) is 0 Å². The Morgan fingerprint density at radius 1 is 1.00 bits per heavy atom. The van der Waals surface area contributed by atoms with Crippen LogP contribution in [-0.4, -0.2) is 26.7 Å². The van der Waals surface area contributed by atoms with Crippen molar-refractivity contribution in [1.29, 1.82) is 0 Å². The van der Waals surface area contributed by atoms with Crippen LogP contribution < -0.4 is 0 Å². The van der Waals surface area contributed by atoms with Crippen molar-refractivity contribution in [3.63, 3.8) is 0 Å². The normalized spacial score (nSPS) is 17.4. The van der Waals surface area contributed by atoms with Gasteiger partial charge in [0.15, 0.2) is 0 Å². The minimum absolute atomic E-state index is 0.0543. The van der Waals surface area contributed by atoms with Crippen LogP contribution in [0.1, 0.15) is 24.8 Å². The first-order chi connectivity index (χ1) is 11.6. The lowest BCUT2D eigenvalue weighted by Gasteiger charge is -2.32. The van der Waals surface area contributed by atoms with Gasteiger partial charge in [-0.2, -0.15) is 8.42 Å². The number of hydrogen-bond donors (Lipinski definition) is 1. The molecule has 4 nitrogen and oxygen atoms in total. The monoisotopic (exact) mass is 346 g/mol. The number of benzene rings is 2. The van der Waals surface area contributed by atoms with Gasteiger partial charge in [-0.05, 0) is 30.0 Å². The molecule has 0 unspecified atom stereocenters. The maximum atomic E-state index is 12.4. The van der Waals surface area contributed by atoms with Gasteiger partial charge in [0.05, 0.1) is 18.1 Å². The summed E-state index contributed by atoms with van der Waals surface area (Å²) < 4.78 is 30.2. The van der Waals surface area contributed by atoms with E-state index in [4.69, 9.17) is 4.18 Å². The second-order valence-corrected chi connectivity index (χ2v) is 8.10. The predicted octanol–water partition coefficient (Wildman–Crippen LogP) is 3.12. The van der Waals surface area contributed by atoms with Crippen molar-refractivity contribution in [1.82, 2.24) is 0 Å². The quantitative estimate of drug-likeness (QED) is 0.746. The summed E-state index contributed by atoms with van der Waals surface area (Å²) in [5.74, 6) is 0.528. The second-order valence-electron chi connectivity index (χ2n) is 6.48. The summed E-state index contributed by atoms with van der Waals surface area (Å²) in [5, 5.41) is 10.1. The van der Waals surface area contributed by atoms with E-state index in [-0.39, 0.29) is 18.1 Å². The maximum Gasteiger partial charge on any atom is 0.297 e. The van der Waals surface area contributed by atoms with Crippen LogP contribution in [0.5, 0.6) is 0 Å². The molecular weight excluding hydrogens is 324 g/mol. The first kappa shape index (κ1) is 17.1. The molecule has 1 fully saturated rings. The largest absolute Gasteiger partial charge is 0.395 e. The van der Waals surface area contributed by atoms with Crippen molar-refractivity contribution in [3.05, 3.63) is 66.2 Å². The summed E-state index contributed by atoms with van der Waals surface area (Å²) >= 11 is 0. The second kappa shape index (κ2) is 7.05. The van der Waals surface area contributed by atoms with Crippen LogP contribution in [0.15, 0.2) is 65.6 Å². The van der Waals surface area contributed by atoms with Crippen molar-refractivity contribution in [3.8, 4) is 0 Å². The molecule has 0 amide bonds. The lowest BCUT2D eigenvalue weighted by molar-refractivity contribution is 0.119. The highest BCUT2D eigenvalue weighted by Gasteiger charge is 2.39. The van der Waals surface area contributed by atoms with Gasteiger partial charge in [0.1, 0.15) is 0 Å². The van der Waals surface area contributed by atoms with E-state index in [1.165, 1.54) is 12.1 Å². The van der Waals surface area contributed by atoms with E-state index in [9.17, 15) is 13.5 Å². The van der Waals surface area contributed by atoms with Crippen molar-refractivity contribution in [2.24, 2.45) is 5.92 Å². The lowest BCUT2D eigenvalue weighted by Crippen LogP contribution is -2.37. The molecule has 0 radical (unpaired) electrons. The SMILES string of the molecule is O=S(=O)(OC[C@](CO)(CC1CC1)c1ccccc1)c1ccccc1. The van der Waals surface area contributed by atoms with E-state index in [1.807, 2.05) is 30.3 Å². The molecule has 1 aliphatic rings. The fraction of sp³-hybridized carbons (Fsp3) is 0.368. The fourth-order valence-corrected chi connectivity index (χ4v) is 3.98. The zero-order valence-corrected chi connectivity index (χ0v) is 14.3. The molecule has 1 aliphatic carbocycles. The van der Waals surface area contributed by atoms with Gasteiger partial charge >= 0.3 is 0 Å². The molecular formula is C19H22O4S. The Bertz CT molecular complexity index is 754.